The molecule has 0 bridgehead atoms. The van der Waals surface area contributed by atoms with Crippen molar-refractivity contribution in [1.29, 1.82) is 0 Å². The van der Waals surface area contributed by atoms with Gasteiger partial charge in [-0.05, 0) is 71.1 Å². The van der Waals surface area contributed by atoms with E-state index < -0.39 is 29.7 Å². The number of halogens is 1. The fourth-order valence-electron chi connectivity index (χ4n) is 6.09. The topological polar surface area (TPSA) is 143 Å². The molecule has 228 valence electrons. The SMILES string of the molecule is CN1C[C@@H](Nc2cnn(C)c(=O)c2Br)C[C@@H](c2ccc(COc3ccc4c(c3)C(=O)N(C3CCC(=O)NC3=O)C4=O)cc2)C1. The first kappa shape index (κ1) is 29.7. The molecule has 4 heterocycles. The van der Waals surface area contributed by atoms with Crippen molar-refractivity contribution in [2.75, 3.05) is 25.5 Å². The van der Waals surface area contributed by atoms with Crippen LogP contribution < -0.4 is 20.9 Å². The van der Waals surface area contributed by atoms with E-state index >= 15 is 0 Å². The van der Waals surface area contributed by atoms with Crippen molar-refractivity contribution in [1.82, 2.24) is 24.9 Å². The third-order valence-electron chi connectivity index (χ3n) is 8.34. The number of likely N-dealkylation sites (tertiary alicyclic amines) is 1. The van der Waals surface area contributed by atoms with Gasteiger partial charge in [0, 0.05) is 32.6 Å². The van der Waals surface area contributed by atoms with Crippen LogP contribution in [0.5, 0.6) is 5.75 Å². The molecule has 2 fully saturated rings. The predicted octanol–water partition coefficient (Wildman–Crippen LogP) is 2.42. The highest BCUT2D eigenvalue weighted by atomic mass is 79.9. The number of imide groups is 2. The van der Waals surface area contributed by atoms with E-state index in [4.69, 9.17) is 4.74 Å². The Balaban J connectivity index is 1.08. The molecule has 2 N–H and O–H groups in total. The molecule has 3 atom stereocenters. The van der Waals surface area contributed by atoms with Gasteiger partial charge in [-0.25, -0.2) is 4.68 Å². The minimum absolute atomic E-state index is 0.0671. The Morgan fingerprint density at radius 3 is 2.50 bits per heavy atom. The quantitative estimate of drug-likeness (QED) is 0.365. The van der Waals surface area contributed by atoms with Crippen molar-refractivity contribution >= 4 is 45.2 Å². The van der Waals surface area contributed by atoms with Gasteiger partial charge in [-0.3, -0.25) is 34.2 Å². The number of fused-ring (bicyclic) bond motifs is 1. The van der Waals surface area contributed by atoms with Gasteiger partial charge in [-0.1, -0.05) is 24.3 Å². The van der Waals surface area contributed by atoms with E-state index in [1.165, 1.54) is 22.4 Å². The number of likely N-dealkylation sites (N-methyl/N-ethyl adjacent to an activating group) is 1. The highest BCUT2D eigenvalue weighted by molar-refractivity contribution is 9.10. The molecule has 0 radical (unpaired) electrons. The number of rotatable bonds is 7. The predicted molar refractivity (Wildman–Crippen MR) is 163 cm³/mol. The van der Waals surface area contributed by atoms with Gasteiger partial charge in [0.1, 0.15) is 22.9 Å². The fraction of sp³-hybridized carbons (Fsp3) is 0.355. The molecule has 3 aliphatic rings. The maximum Gasteiger partial charge on any atom is 0.282 e. The van der Waals surface area contributed by atoms with Gasteiger partial charge in [0.15, 0.2) is 0 Å². The largest absolute Gasteiger partial charge is 0.489 e. The zero-order valence-corrected chi connectivity index (χ0v) is 25.8. The number of aromatic nitrogens is 2. The monoisotopic (exact) mass is 662 g/mol. The summed E-state index contributed by atoms with van der Waals surface area (Å²) >= 11 is 3.40. The van der Waals surface area contributed by atoms with E-state index in [9.17, 15) is 24.0 Å². The van der Waals surface area contributed by atoms with Gasteiger partial charge >= 0.3 is 0 Å². The highest BCUT2D eigenvalue weighted by Crippen LogP contribution is 2.32. The third-order valence-corrected chi connectivity index (χ3v) is 9.11. The first-order valence-electron chi connectivity index (χ1n) is 14.3. The standard InChI is InChI=1S/C31H31BrN6O6/c1-36-14-19(11-20(15-36)34-24-13-33-37(2)31(43)27(24)32)18-5-3-17(4-6-18)16-44-21-7-8-22-23(12-21)30(42)38(29(22)41)25-9-10-26(39)35-28(25)40/h3-8,12-13,19-20,25,34H,9-11,14-16H2,1-2H3,(H,35,39,40)/t19-,20+,25?/m1/s1. The molecule has 2 saturated heterocycles. The van der Waals surface area contributed by atoms with Crippen molar-refractivity contribution in [3.63, 3.8) is 0 Å². The number of nitrogens with zero attached hydrogens (tertiary/aromatic N) is 4. The lowest BCUT2D eigenvalue weighted by molar-refractivity contribution is -0.136. The van der Waals surface area contributed by atoms with Crippen LogP contribution in [0.25, 0.3) is 0 Å². The second-order valence-electron chi connectivity index (χ2n) is 11.5. The first-order valence-corrected chi connectivity index (χ1v) is 15.1. The number of carbonyl (C=O) groups is 4. The Morgan fingerprint density at radius 1 is 1.00 bits per heavy atom. The molecule has 44 heavy (non-hydrogen) atoms. The minimum Gasteiger partial charge on any atom is -0.489 e. The number of piperidine rings is 2. The van der Waals surface area contributed by atoms with Crippen LogP contribution in [0.15, 0.2) is 57.9 Å². The summed E-state index contributed by atoms with van der Waals surface area (Å²) in [6.45, 7) is 2.00. The zero-order valence-electron chi connectivity index (χ0n) is 24.2. The number of ether oxygens (including phenoxy) is 1. The van der Waals surface area contributed by atoms with Crippen molar-refractivity contribution in [2.45, 2.75) is 43.9 Å². The van der Waals surface area contributed by atoms with Crippen LogP contribution in [0.4, 0.5) is 5.69 Å². The van der Waals surface area contributed by atoms with E-state index in [0.717, 1.165) is 30.0 Å². The number of hydrogen-bond acceptors (Lipinski definition) is 9. The Bertz CT molecular complexity index is 1720. The summed E-state index contributed by atoms with van der Waals surface area (Å²) in [6, 6.07) is 12.0. The van der Waals surface area contributed by atoms with Crippen LogP contribution in [0.2, 0.25) is 0 Å². The van der Waals surface area contributed by atoms with E-state index in [-0.39, 0.29) is 48.1 Å². The molecule has 12 nitrogen and oxygen atoms in total. The molecule has 0 saturated carbocycles. The van der Waals surface area contributed by atoms with E-state index in [2.05, 4.69) is 55.7 Å². The van der Waals surface area contributed by atoms with Crippen molar-refractivity contribution in [2.24, 2.45) is 7.05 Å². The highest BCUT2D eigenvalue weighted by Gasteiger charge is 2.44. The maximum absolute atomic E-state index is 13.1. The minimum atomic E-state index is -1.01. The fourth-order valence-corrected chi connectivity index (χ4v) is 6.56. The number of hydrogen-bond donors (Lipinski definition) is 2. The van der Waals surface area contributed by atoms with Gasteiger partial charge in [0.25, 0.3) is 17.4 Å². The van der Waals surface area contributed by atoms with E-state index in [1.54, 1.807) is 19.3 Å². The molecule has 0 aliphatic carbocycles. The molecular formula is C31H31BrN6O6. The van der Waals surface area contributed by atoms with Crippen molar-refractivity contribution in [3.05, 3.63) is 85.7 Å². The molecule has 0 spiro atoms. The van der Waals surface area contributed by atoms with Crippen LogP contribution in [0.3, 0.4) is 0 Å². The summed E-state index contributed by atoms with van der Waals surface area (Å²) in [5.74, 6) is -1.47. The number of nitrogens with one attached hydrogen (secondary N) is 2. The van der Waals surface area contributed by atoms with Gasteiger partial charge in [0.05, 0.1) is 23.0 Å². The summed E-state index contributed by atoms with van der Waals surface area (Å²) < 4.78 is 7.73. The molecule has 1 unspecified atom stereocenters. The molecular weight excluding hydrogens is 632 g/mol. The van der Waals surface area contributed by atoms with Crippen LogP contribution in [-0.2, 0) is 23.2 Å². The number of carbonyl (C=O) groups excluding carboxylic acids is 4. The van der Waals surface area contributed by atoms with Gasteiger partial charge in [0.2, 0.25) is 11.8 Å². The van der Waals surface area contributed by atoms with Crippen LogP contribution in [0.1, 0.15) is 57.0 Å². The molecule has 3 aromatic rings. The van der Waals surface area contributed by atoms with Crippen LogP contribution in [0, 0.1) is 0 Å². The molecule has 6 rings (SSSR count). The molecule has 13 heteroatoms. The summed E-state index contributed by atoms with van der Waals surface area (Å²) in [5.41, 5.74) is 3.01. The van der Waals surface area contributed by atoms with Gasteiger partial charge in [-0.2, -0.15) is 5.10 Å². The molecule has 2 aromatic carbocycles. The van der Waals surface area contributed by atoms with Crippen LogP contribution in [-0.4, -0.2) is 75.4 Å². The summed E-state index contributed by atoms with van der Waals surface area (Å²) in [7, 11) is 3.70. The Morgan fingerprint density at radius 2 is 1.75 bits per heavy atom. The summed E-state index contributed by atoms with van der Waals surface area (Å²) in [4.78, 5) is 65.3. The van der Waals surface area contributed by atoms with E-state index in [1.807, 2.05) is 12.1 Å². The van der Waals surface area contributed by atoms with E-state index in [0.29, 0.717) is 15.9 Å². The summed E-state index contributed by atoms with van der Waals surface area (Å²) in [5, 5.41) is 9.81. The Labute approximate surface area is 261 Å². The number of aryl methyl sites for hydroxylation is 1. The van der Waals surface area contributed by atoms with Gasteiger partial charge < -0.3 is 15.0 Å². The lowest BCUT2D eigenvalue weighted by Crippen LogP contribution is -2.54. The Hall–Kier alpha value is -4.36. The first-order chi connectivity index (χ1) is 21.1. The molecule has 3 aliphatic heterocycles. The normalized spacial score (nSPS) is 22.2. The third kappa shape index (κ3) is 5.76. The Kier molecular flexibility index (Phi) is 8.08. The van der Waals surface area contributed by atoms with Crippen LogP contribution >= 0.6 is 15.9 Å². The average molecular weight is 664 g/mol. The lowest BCUT2D eigenvalue weighted by Gasteiger charge is -2.37. The summed E-state index contributed by atoms with van der Waals surface area (Å²) in [6.07, 6.45) is 2.72. The lowest BCUT2D eigenvalue weighted by atomic mass is 9.88. The smallest absolute Gasteiger partial charge is 0.282 e. The molecule has 1 aromatic heterocycles. The number of anilines is 1. The average Bonchev–Trinajstić information content (AvgIpc) is 3.25. The second-order valence-corrected chi connectivity index (χ2v) is 12.3. The molecule has 4 amide bonds. The van der Waals surface area contributed by atoms with Crippen molar-refractivity contribution in [3.8, 4) is 5.75 Å². The second kappa shape index (κ2) is 12.0. The number of benzene rings is 2. The van der Waals surface area contributed by atoms with Crippen molar-refractivity contribution < 1.29 is 23.9 Å². The van der Waals surface area contributed by atoms with Gasteiger partial charge in [-0.15, -0.1) is 0 Å². The zero-order chi connectivity index (χ0) is 31.1. The maximum atomic E-state index is 13.1. The number of amides is 4.